The molecule has 1 fully saturated rings. The van der Waals surface area contributed by atoms with Crippen molar-refractivity contribution < 1.29 is 14.3 Å². The summed E-state index contributed by atoms with van der Waals surface area (Å²) in [6, 6.07) is 7.24. The van der Waals surface area contributed by atoms with Gasteiger partial charge in [0.25, 0.3) is 5.91 Å². The van der Waals surface area contributed by atoms with Crippen molar-refractivity contribution in [2.75, 3.05) is 13.2 Å². The second-order valence-electron chi connectivity index (χ2n) is 6.36. The van der Waals surface area contributed by atoms with Gasteiger partial charge in [-0.15, -0.1) is 0 Å². The van der Waals surface area contributed by atoms with Gasteiger partial charge >= 0.3 is 5.97 Å². The summed E-state index contributed by atoms with van der Waals surface area (Å²) in [7, 11) is 0. The van der Waals surface area contributed by atoms with Crippen LogP contribution in [0.25, 0.3) is 0 Å². The van der Waals surface area contributed by atoms with E-state index in [4.69, 9.17) is 16.3 Å². The van der Waals surface area contributed by atoms with Gasteiger partial charge in [-0.3, -0.25) is 9.59 Å². The summed E-state index contributed by atoms with van der Waals surface area (Å²) in [5.41, 5.74) is 0.501. The van der Waals surface area contributed by atoms with Gasteiger partial charge in [0, 0.05) is 12.6 Å². The van der Waals surface area contributed by atoms with Gasteiger partial charge in [0.1, 0.15) is 0 Å². The number of ether oxygens (including phenoxy) is 1. The number of halogens is 1. The maximum absolute atomic E-state index is 13.1. The third kappa shape index (κ3) is 4.73. The first kappa shape index (κ1) is 18.8. The Labute approximate surface area is 149 Å². The van der Waals surface area contributed by atoms with Gasteiger partial charge in [0.15, 0.2) is 0 Å². The van der Waals surface area contributed by atoms with Gasteiger partial charge in [-0.2, -0.15) is 0 Å². The van der Waals surface area contributed by atoms with Gasteiger partial charge in [-0.05, 0) is 37.8 Å². The maximum atomic E-state index is 13.1. The summed E-state index contributed by atoms with van der Waals surface area (Å²) >= 11 is 6.21. The molecular formula is C19H26ClNO3. The predicted molar refractivity (Wildman–Crippen MR) is 95.2 cm³/mol. The summed E-state index contributed by atoms with van der Waals surface area (Å²) < 4.78 is 5.01. The third-order valence-corrected chi connectivity index (χ3v) is 5.02. The van der Waals surface area contributed by atoms with Crippen molar-refractivity contribution in [3.8, 4) is 0 Å². The highest BCUT2D eigenvalue weighted by Gasteiger charge is 2.31. The lowest BCUT2D eigenvalue weighted by atomic mass is 9.84. The molecule has 1 amide bonds. The molecule has 24 heavy (non-hydrogen) atoms. The van der Waals surface area contributed by atoms with Crippen LogP contribution in [0.5, 0.6) is 0 Å². The molecule has 4 nitrogen and oxygen atoms in total. The van der Waals surface area contributed by atoms with Gasteiger partial charge in [0.05, 0.1) is 23.6 Å². The summed E-state index contributed by atoms with van der Waals surface area (Å²) in [6.45, 7) is 4.70. The Balaban J connectivity index is 2.19. The lowest BCUT2D eigenvalue weighted by Crippen LogP contribution is -2.46. The zero-order chi connectivity index (χ0) is 17.5. The smallest absolute Gasteiger partial charge is 0.307 e. The molecule has 1 aliphatic carbocycles. The first-order chi connectivity index (χ1) is 11.5. The first-order valence-electron chi connectivity index (χ1n) is 8.75. The van der Waals surface area contributed by atoms with Crippen molar-refractivity contribution in [3.05, 3.63) is 34.9 Å². The quantitative estimate of drug-likeness (QED) is 0.717. The largest absolute Gasteiger partial charge is 0.466 e. The average molecular weight is 352 g/mol. The van der Waals surface area contributed by atoms with Gasteiger partial charge in [0.2, 0.25) is 0 Å². The van der Waals surface area contributed by atoms with Crippen LogP contribution in [-0.4, -0.2) is 36.0 Å². The molecule has 1 aliphatic rings. The lowest BCUT2D eigenvalue weighted by molar-refractivity contribution is -0.143. The van der Waals surface area contributed by atoms with Crippen LogP contribution in [0.1, 0.15) is 56.3 Å². The van der Waals surface area contributed by atoms with E-state index in [0.29, 0.717) is 29.7 Å². The van der Waals surface area contributed by atoms with E-state index < -0.39 is 0 Å². The van der Waals surface area contributed by atoms with E-state index in [1.165, 1.54) is 6.42 Å². The highest BCUT2D eigenvalue weighted by molar-refractivity contribution is 6.33. The van der Waals surface area contributed by atoms with E-state index in [0.717, 1.165) is 19.3 Å². The molecule has 0 saturated heterocycles. The molecule has 1 saturated carbocycles. The third-order valence-electron chi connectivity index (χ3n) is 4.69. The van der Waals surface area contributed by atoms with Crippen molar-refractivity contribution in [2.45, 2.75) is 52.0 Å². The van der Waals surface area contributed by atoms with E-state index in [2.05, 4.69) is 6.92 Å². The minimum atomic E-state index is -0.266. The first-order valence-corrected chi connectivity index (χ1v) is 9.13. The highest BCUT2D eigenvalue weighted by atomic mass is 35.5. The molecule has 0 N–H and O–H groups in total. The van der Waals surface area contributed by atoms with Crippen molar-refractivity contribution in [3.63, 3.8) is 0 Å². The molecule has 0 spiro atoms. The molecule has 2 rings (SSSR count). The van der Waals surface area contributed by atoms with E-state index in [-0.39, 0.29) is 24.3 Å². The SMILES string of the molecule is CCOC(=O)CCN(C(=O)c1ccccc1Cl)C1CCCCC1C. The van der Waals surface area contributed by atoms with Gasteiger partial charge in [-0.25, -0.2) is 0 Å². The highest BCUT2D eigenvalue weighted by Crippen LogP contribution is 2.30. The monoisotopic (exact) mass is 351 g/mol. The standard InChI is InChI=1S/C19H26ClNO3/c1-3-24-18(22)12-13-21(17-11-7-4-8-14(17)2)19(23)15-9-5-6-10-16(15)20/h5-6,9-10,14,17H,3-4,7-8,11-13H2,1-2H3. The second kappa shape index (κ2) is 9.07. The predicted octanol–water partition coefficient (Wildman–Crippen LogP) is 4.31. The minimum absolute atomic E-state index is 0.0938. The molecule has 2 unspecified atom stereocenters. The Morgan fingerprint density at radius 3 is 2.62 bits per heavy atom. The van der Waals surface area contributed by atoms with Gasteiger partial charge in [-0.1, -0.05) is 43.5 Å². The number of rotatable bonds is 6. The molecule has 1 aromatic rings. The van der Waals surface area contributed by atoms with E-state index in [1.54, 1.807) is 19.1 Å². The second-order valence-corrected chi connectivity index (χ2v) is 6.77. The van der Waals surface area contributed by atoms with Crippen molar-refractivity contribution in [1.29, 1.82) is 0 Å². The van der Waals surface area contributed by atoms with Crippen LogP contribution in [-0.2, 0) is 9.53 Å². The number of amides is 1. The molecule has 0 bridgehead atoms. The molecule has 0 heterocycles. The number of hydrogen-bond donors (Lipinski definition) is 0. The Hall–Kier alpha value is -1.55. The molecule has 1 aromatic carbocycles. The maximum Gasteiger partial charge on any atom is 0.307 e. The molecule has 132 valence electrons. The van der Waals surface area contributed by atoms with Gasteiger partial charge < -0.3 is 9.64 Å². The van der Waals surface area contributed by atoms with E-state index in [1.807, 2.05) is 17.0 Å². The molecule has 0 aromatic heterocycles. The van der Waals surface area contributed by atoms with Crippen molar-refractivity contribution in [2.24, 2.45) is 5.92 Å². The number of nitrogens with zero attached hydrogens (tertiary/aromatic N) is 1. The summed E-state index contributed by atoms with van der Waals surface area (Å²) in [6.07, 6.45) is 4.61. The number of carbonyl (C=O) groups is 2. The normalized spacial score (nSPS) is 20.5. The fourth-order valence-corrected chi connectivity index (χ4v) is 3.63. The summed E-state index contributed by atoms with van der Waals surface area (Å²) in [4.78, 5) is 26.7. The Bertz CT molecular complexity index is 575. The fourth-order valence-electron chi connectivity index (χ4n) is 3.41. The molecule has 0 radical (unpaired) electrons. The average Bonchev–Trinajstić information content (AvgIpc) is 2.57. The van der Waals surface area contributed by atoms with E-state index in [9.17, 15) is 9.59 Å². The molecule has 0 aliphatic heterocycles. The molecule has 5 heteroatoms. The van der Waals surface area contributed by atoms with Crippen LogP contribution >= 0.6 is 11.6 Å². The number of esters is 1. The van der Waals surface area contributed by atoms with Crippen LogP contribution < -0.4 is 0 Å². The van der Waals surface area contributed by atoms with Crippen LogP contribution in [0.15, 0.2) is 24.3 Å². The Morgan fingerprint density at radius 2 is 1.96 bits per heavy atom. The Morgan fingerprint density at radius 1 is 1.25 bits per heavy atom. The summed E-state index contributed by atoms with van der Waals surface area (Å²) in [5.74, 6) is 0.0638. The number of carbonyl (C=O) groups excluding carboxylic acids is 2. The van der Waals surface area contributed by atoms with Crippen LogP contribution in [0.4, 0.5) is 0 Å². The summed E-state index contributed by atoms with van der Waals surface area (Å²) in [5, 5.41) is 0.451. The minimum Gasteiger partial charge on any atom is -0.466 e. The Kier molecular flexibility index (Phi) is 7.10. The number of benzene rings is 1. The zero-order valence-corrected chi connectivity index (χ0v) is 15.2. The fraction of sp³-hybridized carbons (Fsp3) is 0.579. The molecular weight excluding hydrogens is 326 g/mol. The molecule has 2 atom stereocenters. The van der Waals surface area contributed by atoms with Crippen LogP contribution in [0.3, 0.4) is 0 Å². The van der Waals surface area contributed by atoms with Crippen LogP contribution in [0, 0.1) is 5.92 Å². The zero-order valence-electron chi connectivity index (χ0n) is 14.5. The van der Waals surface area contributed by atoms with Crippen LogP contribution in [0.2, 0.25) is 5.02 Å². The number of hydrogen-bond acceptors (Lipinski definition) is 3. The van der Waals surface area contributed by atoms with E-state index >= 15 is 0 Å². The van der Waals surface area contributed by atoms with Crippen molar-refractivity contribution in [1.82, 2.24) is 4.90 Å². The topological polar surface area (TPSA) is 46.6 Å². The lowest BCUT2D eigenvalue weighted by Gasteiger charge is -2.38. The van der Waals surface area contributed by atoms with Crippen molar-refractivity contribution >= 4 is 23.5 Å².